The van der Waals surface area contributed by atoms with E-state index in [4.69, 9.17) is 16.6 Å². The lowest BCUT2D eigenvalue weighted by molar-refractivity contribution is 0.232. The van der Waals surface area contributed by atoms with Crippen molar-refractivity contribution < 1.29 is 8.78 Å². The fourth-order valence-electron chi connectivity index (χ4n) is 5.39. The molecule has 0 saturated carbocycles. The van der Waals surface area contributed by atoms with E-state index < -0.39 is 5.82 Å². The molecule has 2 aromatic heterocycles. The van der Waals surface area contributed by atoms with Gasteiger partial charge in [-0.3, -0.25) is 0 Å². The van der Waals surface area contributed by atoms with Gasteiger partial charge in [0.15, 0.2) is 5.82 Å². The molecule has 1 saturated heterocycles. The SMILES string of the molecule is Cl.Fc1ccc2c(c1)CC1(CCN(c3ncc(-c4cccc(F)c4Cl)n4nccc34)CC1)C2. The summed E-state index contributed by atoms with van der Waals surface area (Å²) in [5.41, 5.74) is 4.74. The zero-order chi connectivity index (χ0) is 21.9. The van der Waals surface area contributed by atoms with Gasteiger partial charge in [-0.2, -0.15) is 5.10 Å². The average Bonchev–Trinajstić information content (AvgIpc) is 3.41. The highest BCUT2D eigenvalue weighted by molar-refractivity contribution is 6.33. The van der Waals surface area contributed by atoms with Gasteiger partial charge in [-0.15, -0.1) is 12.4 Å². The number of hydrogen-bond donors (Lipinski definition) is 0. The third-order valence-corrected chi connectivity index (χ3v) is 7.44. The van der Waals surface area contributed by atoms with Crippen molar-refractivity contribution in [2.75, 3.05) is 18.0 Å². The molecule has 4 nitrogen and oxygen atoms in total. The van der Waals surface area contributed by atoms with Crippen LogP contribution in [0.15, 0.2) is 54.9 Å². The molecular formula is C25H22Cl2F2N4. The van der Waals surface area contributed by atoms with Crippen molar-refractivity contribution in [2.24, 2.45) is 5.41 Å². The molecule has 4 aromatic rings. The number of halogens is 4. The van der Waals surface area contributed by atoms with Gasteiger partial charge in [0.2, 0.25) is 0 Å². The fraction of sp³-hybridized carbons (Fsp3) is 0.280. The molecular weight excluding hydrogens is 465 g/mol. The number of aromatic nitrogens is 3. The molecule has 33 heavy (non-hydrogen) atoms. The molecule has 0 amide bonds. The van der Waals surface area contributed by atoms with Crippen LogP contribution in [0.1, 0.15) is 24.0 Å². The molecule has 8 heteroatoms. The molecule has 0 radical (unpaired) electrons. The molecule has 1 spiro atoms. The molecule has 0 unspecified atom stereocenters. The summed E-state index contributed by atoms with van der Waals surface area (Å²) in [5.74, 6) is 0.256. The Morgan fingerprint density at radius 1 is 0.970 bits per heavy atom. The monoisotopic (exact) mass is 486 g/mol. The highest BCUT2D eigenvalue weighted by Crippen LogP contribution is 2.45. The molecule has 0 N–H and O–H groups in total. The number of nitrogens with zero attached hydrogens (tertiary/aromatic N) is 4. The highest BCUT2D eigenvalue weighted by atomic mass is 35.5. The van der Waals surface area contributed by atoms with Gasteiger partial charge in [-0.1, -0.05) is 29.8 Å². The van der Waals surface area contributed by atoms with Crippen LogP contribution in [-0.4, -0.2) is 27.7 Å². The molecule has 170 valence electrons. The maximum absolute atomic E-state index is 14.0. The van der Waals surface area contributed by atoms with Crippen molar-refractivity contribution in [1.82, 2.24) is 14.6 Å². The van der Waals surface area contributed by atoms with Gasteiger partial charge in [-0.25, -0.2) is 18.3 Å². The smallest absolute Gasteiger partial charge is 0.154 e. The van der Waals surface area contributed by atoms with Gasteiger partial charge in [0, 0.05) is 18.7 Å². The summed E-state index contributed by atoms with van der Waals surface area (Å²) < 4.78 is 29.5. The van der Waals surface area contributed by atoms with Crippen LogP contribution in [0.4, 0.5) is 14.6 Å². The van der Waals surface area contributed by atoms with Crippen LogP contribution >= 0.6 is 24.0 Å². The van der Waals surface area contributed by atoms with E-state index in [1.807, 2.05) is 12.1 Å². The van der Waals surface area contributed by atoms with Gasteiger partial charge in [0.1, 0.15) is 17.2 Å². The molecule has 2 aromatic carbocycles. The van der Waals surface area contributed by atoms with Crippen molar-refractivity contribution in [2.45, 2.75) is 25.7 Å². The minimum Gasteiger partial charge on any atom is -0.355 e. The number of anilines is 1. The maximum Gasteiger partial charge on any atom is 0.154 e. The number of fused-ring (bicyclic) bond motifs is 2. The molecule has 1 aliphatic heterocycles. The minimum atomic E-state index is -0.465. The molecule has 1 aliphatic carbocycles. The first-order valence-electron chi connectivity index (χ1n) is 10.8. The molecule has 6 rings (SSSR count). The third-order valence-electron chi connectivity index (χ3n) is 7.06. The number of hydrogen-bond acceptors (Lipinski definition) is 3. The summed E-state index contributed by atoms with van der Waals surface area (Å²) in [5, 5.41) is 4.53. The van der Waals surface area contributed by atoms with Crippen molar-refractivity contribution in [3.05, 3.63) is 82.6 Å². The normalized spacial score (nSPS) is 16.8. The number of piperidine rings is 1. The van der Waals surface area contributed by atoms with Crippen LogP contribution in [0.2, 0.25) is 5.02 Å². The van der Waals surface area contributed by atoms with Crippen LogP contribution in [0, 0.1) is 17.0 Å². The van der Waals surface area contributed by atoms with E-state index >= 15 is 0 Å². The Hall–Kier alpha value is -2.70. The minimum absolute atomic E-state index is 0. The van der Waals surface area contributed by atoms with Gasteiger partial charge in [-0.05, 0) is 66.5 Å². The average molecular weight is 487 g/mol. The second-order valence-electron chi connectivity index (χ2n) is 8.95. The van der Waals surface area contributed by atoms with Gasteiger partial charge in [0.05, 0.1) is 23.1 Å². The highest BCUT2D eigenvalue weighted by Gasteiger charge is 2.40. The van der Waals surface area contributed by atoms with Gasteiger partial charge in [0.25, 0.3) is 0 Å². The first-order chi connectivity index (χ1) is 15.5. The maximum atomic E-state index is 14.0. The van der Waals surface area contributed by atoms with Crippen molar-refractivity contribution >= 4 is 35.3 Å². The van der Waals surface area contributed by atoms with Gasteiger partial charge < -0.3 is 4.90 Å². The van der Waals surface area contributed by atoms with E-state index in [-0.39, 0.29) is 28.7 Å². The standard InChI is InChI=1S/C25H21ClF2N4.ClH/c26-23-19(2-1-3-20(23)28)22-15-29-24(21-6-9-30-32(21)22)31-10-7-25(8-11-31)13-16-4-5-18(27)12-17(16)14-25;/h1-6,9,12,15H,7-8,10-11,13-14H2;1H. The summed E-state index contributed by atoms with van der Waals surface area (Å²) in [7, 11) is 0. The third kappa shape index (κ3) is 3.65. The van der Waals surface area contributed by atoms with E-state index in [9.17, 15) is 8.78 Å². The predicted octanol–water partition coefficient (Wildman–Crippen LogP) is 6.14. The van der Waals surface area contributed by atoms with Crippen LogP contribution in [0.3, 0.4) is 0 Å². The Labute approximate surface area is 201 Å². The summed E-state index contributed by atoms with van der Waals surface area (Å²) in [6.45, 7) is 1.76. The van der Waals surface area contributed by atoms with Crippen LogP contribution in [0.25, 0.3) is 16.8 Å². The lowest BCUT2D eigenvalue weighted by Crippen LogP contribution is -2.41. The first-order valence-corrected chi connectivity index (χ1v) is 11.2. The second-order valence-corrected chi connectivity index (χ2v) is 9.33. The topological polar surface area (TPSA) is 33.4 Å². The van der Waals surface area contributed by atoms with E-state index in [1.54, 1.807) is 41.2 Å². The van der Waals surface area contributed by atoms with E-state index in [1.165, 1.54) is 11.6 Å². The molecule has 3 heterocycles. The van der Waals surface area contributed by atoms with Crippen molar-refractivity contribution in [3.8, 4) is 11.3 Å². The molecule has 0 atom stereocenters. The second kappa shape index (κ2) is 8.26. The largest absolute Gasteiger partial charge is 0.355 e. The summed E-state index contributed by atoms with van der Waals surface area (Å²) in [4.78, 5) is 7.04. The Morgan fingerprint density at radius 3 is 2.58 bits per heavy atom. The zero-order valence-electron chi connectivity index (χ0n) is 17.8. The fourth-order valence-corrected chi connectivity index (χ4v) is 5.61. The Bertz CT molecular complexity index is 1350. The van der Waals surface area contributed by atoms with Gasteiger partial charge >= 0.3 is 0 Å². The number of benzene rings is 2. The summed E-state index contributed by atoms with van der Waals surface area (Å²) in [6.07, 6.45) is 7.47. The zero-order valence-corrected chi connectivity index (χ0v) is 19.3. The van der Waals surface area contributed by atoms with Crippen molar-refractivity contribution in [1.29, 1.82) is 0 Å². The van der Waals surface area contributed by atoms with Crippen LogP contribution in [0.5, 0.6) is 0 Å². The van der Waals surface area contributed by atoms with E-state index in [0.717, 1.165) is 55.7 Å². The van der Waals surface area contributed by atoms with E-state index in [0.29, 0.717) is 11.3 Å². The van der Waals surface area contributed by atoms with E-state index in [2.05, 4.69) is 10.00 Å². The molecule has 1 fully saturated rings. The summed E-state index contributed by atoms with van der Waals surface area (Å²) >= 11 is 6.22. The Balaban J connectivity index is 0.00000228. The quantitative estimate of drug-likeness (QED) is 0.341. The summed E-state index contributed by atoms with van der Waals surface area (Å²) in [6, 6.07) is 11.9. The molecule has 2 aliphatic rings. The molecule has 0 bridgehead atoms. The van der Waals surface area contributed by atoms with Crippen LogP contribution < -0.4 is 4.90 Å². The lowest BCUT2D eigenvalue weighted by atomic mass is 9.76. The Morgan fingerprint density at radius 2 is 1.76 bits per heavy atom. The number of rotatable bonds is 2. The Kier molecular flexibility index (Phi) is 5.53. The van der Waals surface area contributed by atoms with Crippen molar-refractivity contribution in [3.63, 3.8) is 0 Å². The lowest BCUT2D eigenvalue weighted by Gasteiger charge is -2.40. The van der Waals surface area contributed by atoms with Crippen LogP contribution in [-0.2, 0) is 12.8 Å². The first kappa shape index (κ1) is 22.1. The predicted molar refractivity (Wildman–Crippen MR) is 128 cm³/mol.